The van der Waals surface area contributed by atoms with Crippen molar-refractivity contribution in [3.05, 3.63) is 53.1 Å². The van der Waals surface area contributed by atoms with Crippen molar-refractivity contribution in [3.63, 3.8) is 0 Å². The van der Waals surface area contributed by atoms with Crippen LogP contribution in [0.5, 0.6) is 11.5 Å². The maximum absolute atomic E-state index is 13.0. The van der Waals surface area contributed by atoms with Gasteiger partial charge in [-0.05, 0) is 43.2 Å². The molecule has 1 aliphatic heterocycles. The molecule has 1 amide bonds. The minimum atomic E-state index is -3.74. The number of hydrogen-bond donors (Lipinski definition) is 1. The van der Waals surface area contributed by atoms with Crippen LogP contribution in [0.4, 0.5) is 5.69 Å². The van der Waals surface area contributed by atoms with Crippen LogP contribution in [0.15, 0.2) is 42.5 Å². The van der Waals surface area contributed by atoms with Crippen LogP contribution in [0.25, 0.3) is 0 Å². The number of amides is 1. The van der Waals surface area contributed by atoms with Gasteiger partial charge in [-0.2, -0.15) is 0 Å². The van der Waals surface area contributed by atoms with Crippen molar-refractivity contribution in [2.24, 2.45) is 0 Å². The fraction of sp³-hybridized carbons (Fsp3) is 0.381. The van der Waals surface area contributed by atoms with Crippen molar-refractivity contribution in [2.45, 2.75) is 32.4 Å². The molecule has 9 heteroatoms. The van der Waals surface area contributed by atoms with Crippen LogP contribution in [0.2, 0.25) is 5.02 Å². The fourth-order valence-electron chi connectivity index (χ4n) is 3.35. The summed E-state index contributed by atoms with van der Waals surface area (Å²) in [5.74, 6) is 0.860. The highest BCUT2D eigenvalue weighted by atomic mass is 35.5. The summed E-state index contributed by atoms with van der Waals surface area (Å²) in [4.78, 5) is 13.0. The predicted octanol–water partition coefficient (Wildman–Crippen LogP) is 3.15. The molecule has 7 nitrogen and oxygen atoms in total. The van der Waals surface area contributed by atoms with E-state index in [2.05, 4.69) is 5.32 Å². The average Bonchev–Trinajstić information content (AvgIpc) is 2.71. The molecule has 2 atom stereocenters. The highest BCUT2D eigenvalue weighted by molar-refractivity contribution is 7.92. The number of ether oxygens (including phenoxy) is 2. The van der Waals surface area contributed by atoms with Gasteiger partial charge in [0.05, 0.1) is 18.5 Å². The van der Waals surface area contributed by atoms with E-state index in [0.29, 0.717) is 27.8 Å². The summed E-state index contributed by atoms with van der Waals surface area (Å²) in [7, 11) is -3.74. The smallest absolute Gasteiger partial charge is 0.244 e. The number of anilines is 1. The summed E-state index contributed by atoms with van der Waals surface area (Å²) < 4.78 is 37.9. The molecule has 0 bridgehead atoms. The molecule has 3 rings (SSSR count). The number of nitrogens with one attached hydrogen (secondary N) is 1. The van der Waals surface area contributed by atoms with E-state index in [1.807, 2.05) is 18.2 Å². The summed E-state index contributed by atoms with van der Waals surface area (Å²) in [6.07, 6.45) is 0.995. The molecular weight excluding hydrogens is 428 g/mol. The lowest BCUT2D eigenvalue weighted by molar-refractivity contribution is -0.122. The van der Waals surface area contributed by atoms with E-state index in [0.717, 1.165) is 10.6 Å². The van der Waals surface area contributed by atoms with E-state index in [1.54, 1.807) is 38.1 Å². The van der Waals surface area contributed by atoms with Crippen LogP contribution in [-0.2, 0) is 14.8 Å². The standard InChI is InChI=1S/C21H25ClN2O5S/c1-4-17(24(30(3,26)27)18-11-15(22)10-9-14(18)2)21(25)23-12-16-13-28-19-7-5-6-8-20(19)29-16/h5-11,16-17H,4,12-13H2,1-3H3,(H,23,25)/t16-,17-/m0/s1. The van der Waals surface area contributed by atoms with E-state index in [9.17, 15) is 13.2 Å². The average molecular weight is 453 g/mol. The van der Waals surface area contributed by atoms with Gasteiger partial charge in [0, 0.05) is 5.02 Å². The number of rotatable bonds is 7. The SMILES string of the molecule is CC[C@@H](C(=O)NC[C@H]1COc2ccccc2O1)N(c1cc(Cl)ccc1C)S(C)(=O)=O. The van der Waals surface area contributed by atoms with Gasteiger partial charge in [-0.1, -0.05) is 36.7 Å². The van der Waals surface area contributed by atoms with Crippen LogP contribution in [-0.4, -0.2) is 45.9 Å². The highest BCUT2D eigenvalue weighted by Crippen LogP contribution is 2.31. The van der Waals surface area contributed by atoms with E-state index < -0.39 is 22.0 Å². The van der Waals surface area contributed by atoms with Crippen LogP contribution >= 0.6 is 11.6 Å². The lowest BCUT2D eigenvalue weighted by atomic mass is 10.1. The molecule has 0 saturated carbocycles. The van der Waals surface area contributed by atoms with Gasteiger partial charge in [-0.15, -0.1) is 0 Å². The number of nitrogens with zero attached hydrogens (tertiary/aromatic N) is 1. The third kappa shape index (κ3) is 4.99. The Labute approximate surface area is 182 Å². The molecule has 30 heavy (non-hydrogen) atoms. The predicted molar refractivity (Wildman–Crippen MR) is 117 cm³/mol. The summed E-state index contributed by atoms with van der Waals surface area (Å²) in [6, 6.07) is 11.4. The largest absolute Gasteiger partial charge is 0.486 e. The molecule has 162 valence electrons. The molecule has 2 aromatic carbocycles. The first kappa shape index (κ1) is 22.2. The number of carbonyl (C=O) groups is 1. The molecule has 2 aromatic rings. The van der Waals surface area contributed by atoms with Crippen molar-refractivity contribution < 1.29 is 22.7 Å². The zero-order valence-electron chi connectivity index (χ0n) is 17.1. The number of carbonyl (C=O) groups excluding carboxylic acids is 1. The second-order valence-electron chi connectivity index (χ2n) is 7.16. The maximum atomic E-state index is 13.0. The Bertz CT molecular complexity index is 1030. The van der Waals surface area contributed by atoms with Crippen LogP contribution < -0.4 is 19.1 Å². The fourth-order valence-corrected chi connectivity index (χ4v) is 4.78. The van der Waals surface area contributed by atoms with Gasteiger partial charge in [0.15, 0.2) is 11.5 Å². The van der Waals surface area contributed by atoms with Crippen LogP contribution in [0.3, 0.4) is 0 Å². The van der Waals surface area contributed by atoms with Gasteiger partial charge in [-0.3, -0.25) is 9.10 Å². The first-order valence-electron chi connectivity index (χ1n) is 9.62. The number of fused-ring (bicyclic) bond motifs is 1. The molecule has 0 aromatic heterocycles. The minimum absolute atomic E-state index is 0.190. The number of benzene rings is 2. The third-order valence-corrected chi connectivity index (χ3v) is 6.21. The van der Waals surface area contributed by atoms with E-state index in [-0.39, 0.29) is 25.7 Å². The molecule has 0 fully saturated rings. The lowest BCUT2D eigenvalue weighted by Crippen LogP contribution is -2.51. The molecule has 0 radical (unpaired) electrons. The molecular formula is C21H25ClN2O5S. The second-order valence-corrected chi connectivity index (χ2v) is 9.45. The van der Waals surface area contributed by atoms with E-state index >= 15 is 0 Å². The number of aryl methyl sites for hydroxylation is 1. The van der Waals surface area contributed by atoms with Crippen molar-refractivity contribution in [2.75, 3.05) is 23.7 Å². The lowest BCUT2D eigenvalue weighted by Gasteiger charge is -2.32. The molecule has 1 N–H and O–H groups in total. The molecule has 0 spiro atoms. The van der Waals surface area contributed by atoms with Crippen LogP contribution in [0, 0.1) is 6.92 Å². The molecule has 1 heterocycles. The Hall–Kier alpha value is -2.45. The van der Waals surface area contributed by atoms with Crippen molar-refractivity contribution >= 4 is 33.2 Å². The third-order valence-electron chi connectivity index (χ3n) is 4.81. The monoisotopic (exact) mass is 452 g/mol. The topological polar surface area (TPSA) is 84.9 Å². The molecule has 0 aliphatic carbocycles. The summed E-state index contributed by atoms with van der Waals surface area (Å²) in [5, 5.41) is 3.20. The number of para-hydroxylation sites is 2. The Balaban J connectivity index is 1.76. The van der Waals surface area contributed by atoms with Crippen molar-refractivity contribution in [3.8, 4) is 11.5 Å². The number of hydrogen-bond acceptors (Lipinski definition) is 5. The molecule has 0 unspecified atom stereocenters. The van der Waals surface area contributed by atoms with Crippen molar-refractivity contribution in [1.82, 2.24) is 5.32 Å². The van der Waals surface area contributed by atoms with Gasteiger partial charge < -0.3 is 14.8 Å². The van der Waals surface area contributed by atoms with E-state index in [4.69, 9.17) is 21.1 Å². The quantitative estimate of drug-likeness (QED) is 0.697. The Morgan fingerprint density at radius 1 is 1.27 bits per heavy atom. The zero-order chi connectivity index (χ0) is 21.9. The van der Waals surface area contributed by atoms with Gasteiger partial charge in [0.2, 0.25) is 15.9 Å². The van der Waals surface area contributed by atoms with Gasteiger partial charge in [-0.25, -0.2) is 8.42 Å². The van der Waals surface area contributed by atoms with Crippen LogP contribution in [0.1, 0.15) is 18.9 Å². The first-order valence-corrected chi connectivity index (χ1v) is 11.8. The Morgan fingerprint density at radius 3 is 2.63 bits per heavy atom. The number of sulfonamides is 1. The summed E-state index contributed by atoms with van der Waals surface area (Å²) in [5.41, 5.74) is 1.09. The zero-order valence-corrected chi connectivity index (χ0v) is 18.7. The maximum Gasteiger partial charge on any atom is 0.244 e. The summed E-state index contributed by atoms with van der Waals surface area (Å²) >= 11 is 6.09. The normalized spacial score (nSPS) is 16.6. The van der Waals surface area contributed by atoms with Gasteiger partial charge in [0.1, 0.15) is 18.8 Å². The molecule has 1 aliphatic rings. The summed E-state index contributed by atoms with van der Waals surface area (Å²) in [6.45, 7) is 4.02. The Morgan fingerprint density at radius 2 is 1.97 bits per heavy atom. The first-order chi connectivity index (χ1) is 14.2. The second kappa shape index (κ2) is 9.14. The Kier molecular flexibility index (Phi) is 6.77. The molecule has 0 saturated heterocycles. The van der Waals surface area contributed by atoms with E-state index in [1.165, 1.54) is 0 Å². The number of halogens is 1. The minimum Gasteiger partial charge on any atom is -0.486 e. The van der Waals surface area contributed by atoms with Gasteiger partial charge in [0.25, 0.3) is 0 Å². The van der Waals surface area contributed by atoms with Gasteiger partial charge >= 0.3 is 0 Å². The van der Waals surface area contributed by atoms with Crippen molar-refractivity contribution in [1.29, 1.82) is 0 Å². The highest BCUT2D eigenvalue weighted by Gasteiger charge is 2.33.